The van der Waals surface area contributed by atoms with Gasteiger partial charge in [0.05, 0.1) is 0 Å². The number of hydrogen-bond donors (Lipinski definition) is 1. The van der Waals surface area contributed by atoms with Gasteiger partial charge in [-0.15, -0.1) is 0 Å². The number of likely N-dealkylation sites (tertiary alicyclic amines) is 1. The molecule has 2 aliphatic rings. The highest BCUT2D eigenvalue weighted by Crippen LogP contribution is 2.51. The van der Waals surface area contributed by atoms with Gasteiger partial charge in [-0.1, -0.05) is 18.2 Å². The Bertz CT molecular complexity index is 381. The number of halogens is 1. The third-order valence-electron chi connectivity index (χ3n) is 4.07. The summed E-state index contributed by atoms with van der Waals surface area (Å²) < 4.78 is 13.4. The molecule has 1 unspecified atom stereocenters. The topological polar surface area (TPSA) is 29.3 Å². The molecule has 0 radical (unpaired) electrons. The molecule has 3 atom stereocenters. The van der Waals surface area contributed by atoms with E-state index in [-0.39, 0.29) is 5.82 Å². The van der Waals surface area contributed by atoms with E-state index in [2.05, 4.69) is 4.90 Å². The molecule has 0 bridgehead atoms. The molecule has 0 aromatic heterocycles. The quantitative estimate of drug-likeness (QED) is 0.835. The van der Waals surface area contributed by atoms with Crippen LogP contribution in [0, 0.1) is 23.6 Å². The van der Waals surface area contributed by atoms with Crippen LogP contribution in [0.2, 0.25) is 0 Å². The monoisotopic (exact) mass is 220 g/mol. The second kappa shape index (κ2) is 3.82. The lowest BCUT2D eigenvalue weighted by atomic mass is 10.2. The third-order valence-corrected chi connectivity index (χ3v) is 4.07. The van der Waals surface area contributed by atoms with Crippen LogP contribution in [-0.4, -0.2) is 24.5 Å². The van der Waals surface area contributed by atoms with Gasteiger partial charge in [-0.2, -0.15) is 0 Å². The van der Waals surface area contributed by atoms with Crippen molar-refractivity contribution in [2.75, 3.05) is 19.6 Å². The molecule has 1 heterocycles. The summed E-state index contributed by atoms with van der Waals surface area (Å²) in [6.45, 7) is 3.77. The molecule has 1 saturated carbocycles. The van der Waals surface area contributed by atoms with Gasteiger partial charge >= 0.3 is 0 Å². The van der Waals surface area contributed by atoms with Gasteiger partial charge in [0.25, 0.3) is 0 Å². The lowest BCUT2D eigenvalue weighted by Crippen LogP contribution is -2.26. The third kappa shape index (κ3) is 1.64. The fourth-order valence-corrected chi connectivity index (χ4v) is 3.08. The van der Waals surface area contributed by atoms with E-state index in [1.165, 1.54) is 6.07 Å². The van der Waals surface area contributed by atoms with Crippen molar-refractivity contribution < 1.29 is 4.39 Å². The largest absolute Gasteiger partial charge is 0.330 e. The maximum absolute atomic E-state index is 13.4. The van der Waals surface area contributed by atoms with E-state index < -0.39 is 0 Å². The number of benzene rings is 1. The van der Waals surface area contributed by atoms with Crippen molar-refractivity contribution in [3.63, 3.8) is 0 Å². The normalized spacial score (nSPS) is 32.8. The standard InChI is InChI=1S/C13H17FN2/c14-13-4-2-1-3-9(13)6-16-7-11-10(5-15)12(11)8-16/h1-4,10-12H,5-8,15H2/t10?,11-,12+. The molecule has 1 aliphatic carbocycles. The summed E-state index contributed by atoms with van der Waals surface area (Å²) >= 11 is 0. The SMILES string of the molecule is NCC1[C@H]2CN(Cc3ccccc3F)C[C@@H]12. The molecule has 2 fully saturated rings. The number of piperidine rings is 1. The number of fused-ring (bicyclic) bond motifs is 1. The van der Waals surface area contributed by atoms with Gasteiger partial charge in [0.1, 0.15) is 5.82 Å². The summed E-state index contributed by atoms with van der Waals surface area (Å²) in [7, 11) is 0. The Morgan fingerprint density at radius 2 is 1.94 bits per heavy atom. The molecule has 1 aliphatic heterocycles. The van der Waals surface area contributed by atoms with Crippen LogP contribution in [0.15, 0.2) is 24.3 Å². The summed E-state index contributed by atoms with van der Waals surface area (Å²) in [4.78, 5) is 2.35. The first-order valence-electron chi connectivity index (χ1n) is 5.95. The Morgan fingerprint density at radius 3 is 2.56 bits per heavy atom. The summed E-state index contributed by atoms with van der Waals surface area (Å²) in [5.74, 6) is 2.24. The molecule has 3 rings (SSSR count). The van der Waals surface area contributed by atoms with Gasteiger partial charge in [-0.05, 0) is 30.4 Å². The highest BCUT2D eigenvalue weighted by Gasteiger charge is 2.54. The molecule has 2 nitrogen and oxygen atoms in total. The summed E-state index contributed by atoms with van der Waals surface area (Å²) in [6.07, 6.45) is 0. The van der Waals surface area contributed by atoms with Crippen LogP contribution < -0.4 is 5.73 Å². The maximum atomic E-state index is 13.4. The van der Waals surface area contributed by atoms with Crippen molar-refractivity contribution in [1.82, 2.24) is 4.90 Å². The second-order valence-electron chi connectivity index (χ2n) is 5.01. The van der Waals surface area contributed by atoms with Crippen LogP contribution >= 0.6 is 0 Å². The predicted octanol–water partition coefficient (Wildman–Crippen LogP) is 1.46. The Hall–Kier alpha value is -0.930. The first-order chi connectivity index (χ1) is 7.79. The van der Waals surface area contributed by atoms with Gasteiger partial charge in [0.15, 0.2) is 0 Å². The lowest BCUT2D eigenvalue weighted by molar-refractivity contribution is 0.275. The lowest BCUT2D eigenvalue weighted by Gasteiger charge is -2.19. The van der Waals surface area contributed by atoms with Crippen molar-refractivity contribution in [2.24, 2.45) is 23.5 Å². The molecule has 1 aromatic carbocycles. The molecule has 86 valence electrons. The highest BCUT2D eigenvalue weighted by atomic mass is 19.1. The van der Waals surface area contributed by atoms with E-state index in [1.54, 1.807) is 6.07 Å². The molecule has 0 amide bonds. The zero-order valence-electron chi connectivity index (χ0n) is 9.27. The van der Waals surface area contributed by atoms with Crippen LogP contribution in [0.5, 0.6) is 0 Å². The number of nitrogens with two attached hydrogens (primary N) is 1. The summed E-state index contributed by atoms with van der Waals surface area (Å²) in [5.41, 5.74) is 6.48. The minimum absolute atomic E-state index is 0.0848. The van der Waals surface area contributed by atoms with Gasteiger partial charge in [-0.3, -0.25) is 4.90 Å². The van der Waals surface area contributed by atoms with Crippen molar-refractivity contribution >= 4 is 0 Å². The molecular weight excluding hydrogens is 203 g/mol. The molecular formula is C13H17FN2. The second-order valence-corrected chi connectivity index (χ2v) is 5.01. The number of rotatable bonds is 3. The molecule has 1 aromatic rings. The Labute approximate surface area is 95.2 Å². The maximum Gasteiger partial charge on any atom is 0.127 e. The molecule has 1 saturated heterocycles. The zero-order valence-corrected chi connectivity index (χ0v) is 9.27. The van der Waals surface area contributed by atoms with Crippen molar-refractivity contribution in [2.45, 2.75) is 6.54 Å². The minimum atomic E-state index is -0.0848. The zero-order chi connectivity index (χ0) is 11.1. The fourth-order valence-electron chi connectivity index (χ4n) is 3.08. The molecule has 0 spiro atoms. The number of nitrogens with zero attached hydrogens (tertiary/aromatic N) is 1. The fraction of sp³-hybridized carbons (Fsp3) is 0.538. The van der Waals surface area contributed by atoms with Crippen LogP contribution in [0.1, 0.15) is 5.56 Å². The average Bonchev–Trinajstić information content (AvgIpc) is 2.76. The van der Waals surface area contributed by atoms with Crippen LogP contribution in [-0.2, 0) is 6.54 Å². The molecule has 16 heavy (non-hydrogen) atoms. The van der Waals surface area contributed by atoms with Crippen molar-refractivity contribution in [3.8, 4) is 0 Å². The van der Waals surface area contributed by atoms with E-state index in [4.69, 9.17) is 5.73 Å². The van der Waals surface area contributed by atoms with Crippen molar-refractivity contribution in [1.29, 1.82) is 0 Å². The molecule has 3 heteroatoms. The van der Waals surface area contributed by atoms with Gasteiger partial charge in [-0.25, -0.2) is 4.39 Å². The summed E-state index contributed by atoms with van der Waals surface area (Å²) in [6, 6.07) is 7.05. The van der Waals surface area contributed by atoms with Crippen molar-refractivity contribution in [3.05, 3.63) is 35.6 Å². The Kier molecular flexibility index (Phi) is 2.45. The van der Waals surface area contributed by atoms with E-state index in [0.29, 0.717) is 0 Å². The van der Waals surface area contributed by atoms with Gasteiger partial charge in [0, 0.05) is 25.2 Å². The number of hydrogen-bond acceptors (Lipinski definition) is 2. The van der Waals surface area contributed by atoms with Crippen LogP contribution in [0.4, 0.5) is 4.39 Å². The minimum Gasteiger partial charge on any atom is -0.330 e. The average molecular weight is 220 g/mol. The van der Waals surface area contributed by atoms with Gasteiger partial charge < -0.3 is 5.73 Å². The van der Waals surface area contributed by atoms with E-state index >= 15 is 0 Å². The molecule has 2 N–H and O–H groups in total. The van der Waals surface area contributed by atoms with Gasteiger partial charge in [0.2, 0.25) is 0 Å². The summed E-state index contributed by atoms with van der Waals surface area (Å²) in [5, 5.41) is 0. The van der Waals surface area contributed by atoms with E-state index in [0.717, 1.165) is 49.5 Å². The van der Waals surface area contributed by atoms with E-state index in [9.17, 15) is 4.39 Å². The Morgan fingerprint density at radius 1 is 1.25 bits per heavy atom. The van der Waals surface area contributed by atoms with E-state index in [1.807, 2.05) is 12.1 Å². The predicted molar refractivity (Wildman–Crippen MR) is 61.2 cm³/mol. The first kappa shape index (κ1) is 10.2. The van der Waals surface area contributed by atoms with Crippen LogP contribution in [0.3, 0.4) is 0 Å². The Balaban J connectivity index is 1.60. The van der Waals surface area contributed by atoms with Crippen LogP contribution in [0.25, 0.3) is 0 Å². The smallest absolute Gasteiger partial charge is 0.127 e. The first-order valence-corrected chi connectivity index (χ1v) is 5.95. The highest BCUT2D eigenvalue weighted by molar-refractivity contribution is 5.18.